The fourth-order valence-corrected chi connectivity index (χ4v) is 3.94. The van der Waals surface area contributed by atoms with Crippen LogP contribution >= 0.6 is 0 Å². The number of amides is 1. The molecule has 4 aromatic rings. The van der Waals surface area contributed by atoms with Crippen molar-refractivity contribution in [2.45, 2.75) is 33.4 Å². The number of hydrogen-bond acceptors (Lipinski definition) is 4. The molecule has 1 amide bonds. The Kier molecular flexibility index (Phi) is 6.78. The molecule has 0 saturated heterocycles. The molecule has 0 aliphatic heterocycles. The summed E-state index contributed by atoms with van der Waals surface area (Å²) in [7, 11) is 0. The van der Waals surface area contributed by atoms with E-state index in [0.717, 1.165) is 22.4 Å². The lowest BCUT2D eigenvalue weighted by atomic mass is 9.99. The Morgan fingerprint density at radius 2 is 1.82 bits per heavy atom. The minimum atomic E-state index is -0.354. The van der Waals surface area contributed by atoms with E-state index >= 15 is 0 Å². The van der Waals surface area contributed by atoms with Crippen LogP contribution in [0.3, 0.4) is 0 Å². The third kappa shape index (κ3) is 5.26. The van der Waals surface area contributed by atoms with Gasteiger partial charge in [-0.1, -0.05) is 24.3 Å². The first kappa shape index (κ1) is 22.2. The number of carbonyl (C=O) groups excluding carboxylic acids is 1. The van der Waals surface area contributed by atoms with E-state index in [-0.39, 0.29) is 16.9 Å². The van der Waals surface area contributed by atoms with E-state index in [9.17, 15) is 9.59 Å². The van der Waals surface area contributed by atoms with Crippen LogP contribution in [-0.4, -0.2) is 31.6 Å². The normalized spacial score (nSPS) is 10.8. The number of hydrogen-bond donors (Lipinski definition) is 1. The Bertz CT molecular complexity index is 1290. The first-order chi connectivity index (χ1) is 16.0. The minimum absolute atomic E-state index is 0.198. The zero-order chi connectivity index (χ0) is 23.2. The molecule has 0 radical (unpaired) electrons. The summed E-state index contributed by atoms with van der Waals surface area (Å²) < 4.78 is 3.94. The second-order valence-electron chi connectivity index (χ2n) is 8.07. The number of carbonyl (C=O) groups is 1. The monoisotopic (exact) mass is 441 g/mol. The van der Waals surface area contributed by atoms with Gasteiger partial charge in [-0.2, -0.15) is 0 Å². The highest BCUT2D eigenvalue weighted by molar-refractivity contribution is 5.95. The summed E-state index contributed by atoms with van der Waals surface area (Å²) in [6.07, 6.45) is 9.21. The average Bonchev–Trinajstić information content (AvgIpc) is 3.32. The van der Waals surface area contributed by atoms with Gasteiger partial charge in [-0.3, -0.25) is 14.6 Å². The topological polar surface area (TPSA) is 81.8 Å². The molecule has 4 rings (SSSR count). The summed E-state index contributed by atoms with van der Waals surface area (Å²) in [5.74, 6) is -0.354. The van der Waals surface area contributed by atoms with Gasteiger partial charge in [0.1, 0.15) is 5.56 Å². The molecule has 3 heterocycles. The molecular weight excluding hydrogens is 414 g/mol. The molecule has 3 aromatic heterocycles. The Morgan fingerprint density at radius 3 is 2.55 bits per heavy atom. The third-order valence-corrected chi connectivity index (χ3v) is 5.78. The van der Waals surface area contributed by atoms with Gasteiger partial charge < -0.3 is 14.5 Å². The highest BCUT2D eigenvalue weighted by Crippen LogP contribution is 2.19. The zero-order valence-corrected chi connectivity index (χ0v) is 18.9. The highest BCUT2D eigenvalue weighted by Gasteiger charge is 2.21. The first-order valence-electron chi connectivity index (χ1n) is 10.9. The van der Waals surface area contributed by atoms with Crippen molar-refractivity contribution in [2.24, 2.45) is 0 Å². The van der Waals surface area contributed by atoms with Crippen LogP contribution in [0.1, 0.15) is 38.4 Å². The van der Waals surface area contributed by atoms with Gasteiger partial charge in [-0.05, 0) is 42.7 Å². The van der Waals surface area contributed by atoms with Crippen LogP contribution in [0.4, 0.5) is 0 Å². The van der Waals surface area contributed by atoms with Crippen LogP contribution in [0.2, 0.25) is 0 Å². The van der Waals surface area contributed by atoms with Crippen molar-refractivity contribution in [2.75, 3.05) is 6.54 Å². The van der Waals surface area contributed by atoms with Gasteiger partial charge in [-0.15, -0.1) is 0 Å². The Labute approximate surface area is 192 Å². The van der Waals surface area contributed by atoms with Crippen molar-refractivity contribution >= 4 is 5.91 Å². The quantitative estimate of drug-likeness (QED) is 0.456. The average molecular weight is 442 g/mol. The molecule has 7 nitrogen and oxygen atoms in total. The Hall–Kier alpha value is -4.00. The lowest BCUT2D eigenvalue weighted by Crippen LogP contribution is -2.34. The number of imidazole rings is 1. The molecule has 0 unspecified atom stereocenters. The molecule has 1 N–H and O–H groups in total. The molecule has 0 aliphatic carbocycles. The summed E-state index contributed by atoms with van der Waals surface area (Å²) in [6, 6.07) is 13.5. The van der Waals surface area contributed by atoms with E-state index in [4.69, 9.17) is 0 Å². The summed E-state index contributed by atoms with van der Waals surface area (Å²) in [5.41, 5.74) is 4.72. The predicted molar refractivity (Wildman–Crippen MR) is 127 cm³/mol. The fourth-order valence-electron chi connectivity index (χ4n) is 3.94. The van der Waals surface area contributed by atoms with E-state index in [1.165, 1.54) is 0 Å². The van der Waals surface area contributed by atoms with Crippen molar-refractivity contribution in [3.05, 3.63) is 117 Å². The summed E-state index contributed by atoms with van der Waals surface area (Å²) in [4.78, 5) is 34.4. The number of nitrogens with zero attached hydrogens (tertiary/aromatic N) is 4. The van der Waals surface area contributed by atoms with Gasteiger partial charge in [0.05, 0.1) is 6.33 Å². The maximum Gasteiger partial charge on any atom is 0.257 e. The fraction of sp³-hybridized carbons (Fsp3) is 0.231. The molecule has 0 saturated carbocycles. The molecule has 7 heteroatoms. The van der Waals surface area contributed by atoms with Gasteiger partial charge in [0.2, 0.25) is 0 Å². The number of aryl methyl sites for hydroxylation is 2. The molecular formula is C26H27N5O2. The van der Waals surface area contributed by atoms with Crippen molar-refractivity contribution in [3.63, 3.8) is 0 Å². The van der Waals surface area contributed by atoms with Crippen LogP contribution in [0, 0.1) is 13.8 Å². The molecule has 0 fully saturated rings. The largest absolute Gasteiger partial charge is 0.350 e. The lowest BCUT2D eigenvalue weighted by molar-refractivity contribution is 0.0949. The third-order valence-electron chi connectivity index (χ3n) is 5.78. The zero-order valence-electron chi connectivity index (χ0n) is 18.9. The number of aromatic nitrogens is 4. The maximum atomic E-state index is 13.2. The standard InChI is InChI=1S/C26H27N5O2/c1-19-5-3-4-6-22(19)16-23-25(26(33)29-12-14-30-13-11-28-18-30)24(32)15-20(2)31(23)17-21-7-9-27-10-8-21/h3-11,13,15,18H,12,14,16-17H2,1-2H3,(H,29,33). The number of nitrogens with one attached hydrogen (secondary N) is 1. The van der Waals surface area contributed by atoms with E-state index in [2.05, 4.69) is 19.9 Å². The molecule has 0 aliphatic rings. The van der Waals surface area contributed by atoms with Gasteiger partial charge in [0.15, 0.2) is 5.43 Å². The molecule has 33 heavy (non-hydrogen) atoms. The SMILES string of the molecule is Cc1ccccc1Cc1c(C(=O)NCCn2ccnc2)c(=O)cc(C)n1Cc1ccncc1. The van der Waals surface area contributed by atoms with E-state index in [1.807, 2.05) is 61.0 Å². The first-order valence-corrected chi connectivity index (χ1v) is 10.9. The smallest absolute Gasteiger partial charge is 0.257 e. The van der Waals surface area contributed by atoms with Crippen LogP contribution in [0.15, 0.2) is 78.4 Å². The lowest BCUT2D eigenvalue weighted by Gasteiger charge is -2.21. The molecule has 0 spiro atoms. The molecule has 0 bridgehead atoms. The highest BCUT2D eigenvalue weighted by atomic mass is 16.2. The minimum Gasteiger partial charge on any atom is -0.350 e. The Balaban J connectivity index is 1.73. The molecule has 168 valence electrons. The second-order valence-corrected chi connectivity index (χ2v) is 8.07. The maximum absolute atomic E-state index is 13.2. The van der Waals surface area contributed by atoms with Crippen molar-refractivity contribution in [1.29, 1.82) is 0 Å². The molecule has 1 aromatic carbocycles. The van der Waals surface area contributed by atoms with Crippen molar-refractivity contribution in [3.8, 4) is 0 Å². The summed E-state index contributed by atoms with van der Waals surface area (Å²) >= 11 is 0. The van der Waals surface area contributed by atoms with Crippen LogP contribution < -0.4 is 10.7 Å². The van der Waals surface area contributed by atoms with Crippen LogP contribution in [-0.2, 0) is 19.5 Å². The van der Waals surface area contributed by atoms with Gasteiger partial charge in [0, 0.05) is 68.3 Å². The van der Waals surface area contributed by atoms with Crippen LogP contribution in [0.25, 0.3) is 0 Å². The van der Waals surface area contributed by atoms with E-state index < -0.39 is 0 Å². The van der Waals surface area contributed by atoms with E-state index in [0.29, 0.717) is 31.7 Å². The summed E-state index contributed by atoms with van der Waals surface area (Å²) in [6.45, 7) is 5.48. The Morgan fingerprint density at radius 1 is 1.03 bits per heavy atom. The van der Waals surface area contributed by atoms with Crippen LogP contribution in [0.5, 0.6) is 0 Å². The second kappa shape index (κ2) is 10.1. The van der Waals surface area contributed by atoms with E-state index in [1.54, 1.807) is 31.0 Å². The summed E-state index contributed by atoms with van der Waals surface area (Å²) in [5, 5.41) is 2.92. The number of rotatable bonds is 8. The number of pyridine rings is 2. The van der Waals surface area contributed by atoms with Crippen molar-refractivity contribution < 1.29 is 4.79 Å². The van der Waals surface area contributed by atoms with Gasteiger partial charge in [0.25, 0.3) is 5.91 Å². The number of benzene rings is 1. The molecule has 0 atom stereocenters. The predicted octanol–water partition coefficient (Wildman–Crippen LogP) is 3.13. The van der Waals surface area contributed by atoms with Gasteiger partial charge >= 0.3 is 0 Å². The van der Waals surface area contributed by atoms with Gasteiger partial charge in [-0.25, -0.2) is 4.98 Å². The van der Waals surface area contributed by atoms with Crippen molar-refractivity contribution in [1.82, 2.24) is 24.4 Å².